The second-order valence-electron chi connectivity index (χ2n) is 3.97. The van der Waals surface area contributed by atoms with E-state index in [0.29, 0.717) is 12.3 Å². The van der Waals surface area contributed by atoms with Crippen LogP contribution >= 0.6 is 0 Å². The quantitative estimate of drug-likeness (QED) is 0.561. The van der Waals surface area contributed by atoms with Gasteiger partial charge in [0.25, 0.3) is 0 Å². The van der Waals surface area contributed by atoms with Crippen LogP contribution in [0.2, 0.25) is 0 Å². The summed E-state index contributed by atoms with van der Waals surface area (Å²) in [6.07, 6.45) is 8.49. The molecule has 2 heteroatoms. The standard InChI is InChI=1S/C10H16O2/c11-10-7-6-9(12-10)8-4-2-1-3-5-8/h8-9H,1-7H2/t9-/m0/s1. The molecule has 0 spiro atoms. The molecule has 0 aromatic rings. The molecule has 2 rings (SSSR count). The molecule has 0 aromatic carbocycles. The Labute approximate surface area is 73.3 Å². The van der Waals surface area contributed by atoms with E-state index in [2.05, 4.69) is 0 Å². The van der Waals surface area contributed by atoms with Gasteiger partial charge in [-0.3, -0.25) is 4.79 Å². The van der Waals surface area contributed by atoms with Crippen LogP contribution in [0.25, 0.3) is 0 Å². The molecule has 12 heavy (non-hydrogen) atoms. The summed E-state index contributed by atoms with van der Waals surface area (Å²) in [6.45, 7) is 0. The smallest absolute Gasteiger partial charge is 0.306 e. The molecule has 1 saturated heterocycles. The molecule has 68 valence electrons. The zero-order valence-corrected chi connectivity index (χ0v) is 7.42. The number of hydrogen-bond donors (Lipinski definition) is 0. The summed E-state index contributed by atoms with van der Waals surface area (Å²) in [4.78, 5) is 10.9. The zero-order valence-electron chi connectivity index (χ0n) is 7.42. The number of hydrogen-bond acceptors (Lipinski definition) is 2. The molecule has 0 N–H and O–H groups in total. The highest BCUT2D eigenvalue weighted by Gasteiger charge is 2.31. The lowest BCUT2D eigenvalue weighted by molar-refractivity contribution is -0.143. The third kappa shape index (κ3) is 1.62. The molecule has 1 aliphatic carbocycles. The first-order chi connectivity index (χ1) is 5.86. The van der Waals surface area contributed by atoms with Crippen LogP contribution < -0.4 is 0 Å². The molecule has 2 aliphatic rings. The monoisotopic (exact) mass is 168 g/mol. The van der Waals surface area contributed by atoms with Gasteiger partial charge in [0, 0.05) is 6.42 Å². The summed E-state index contributed by atoms with van der Waals surface area (Å²) >= 11 is 0. The first kappa shape index (κ1) is 8.09. The van der Waals surface area contributed by atoms with E-state index in [-0.39, 0.29) is 12.1 Å². The second kappa shape index (κ2) is 3.46. The summed E-state index contributed by atoms with van der Waals surface area (Å²) < 4.78 is 5.26. The maximum absolute atomic E-state index is 10.9. The molecule has 1 atom stereocenters. The second-order valence-corrected chi connectivity index (χ2v) is 3.97. The highest BCUT2D eigenvalue weighted by molar-refractivity contribution is 5.71. The number of cyclic esters (lactones) is 1. The van der Waals surface area contributed by atoms with Crippen molar-refractivity contribution in [1.29, 1.82) is 0 Å². The molecule has 2 fully saturated rings. The van der Waals surface area contributed by atoms with E-state index in [9.17, 15) is 4.79 Å². The number of carbonyl (C=O) groups excluding carboxylic acids is 1. The lowest BCUT2D eigenvalue weighted by atomic mass is 9.84. The van der Waals surface area contributed by atoms with Gasteiger partial charge < -0.3 is 4.74 Å². The van der Waals surface area contributed by atoms with Crippen molar-refractivity contribution in [3.8, 4) is 0 Å². The molecular formula is C10H16O2. The Morgan fingerprint density at radius 2 is 1.83 bits per heavy atom. The average molecular weight is 168 g/mol. The van der Waals surface area contributed by atoms with Crippen LogP contribution in [0, 0.1) is 5.92 Å². The SMILES string of the molecule is O=C1CC[C@@H](C2CCCCC2)O1. The molecular weight excluding hydrogens is 152 g/mol. The molecule has 0 amide bonds. The Hall–Kier alpha value is -0.530. The summed E-state index contributed by atoms with van der Waals surface area (Å²) in [5, 5.41) is 0. The average Bonchev–Trinajstić information content (AvgIpc) is 2.54. The Morgan fingerprint density at radius 1 is 1.08 bits per heavy atom. The van der Waals surface area contributed by atoms with Gasteiger partial charge in [0.1, 0.15) is 6.10 Å². The molecule has 2 nitrogen and oxygen atoms in total. The fraction of sp³-hybridized carbons (Fsp3) is 0.900. The van der Waals surface area contributed by atoms with Gasteiger partial charge in [0.05, 0.1) is 0 Å². The van der Waals surface area contributed by atoms with Crippen molar-refractivity contribution in [1.82, 2.24) is 0 Å². The zero-order chi connectivity index (χ0) is 8.39. The fourth-order valence-corrected chi connectivity index (χ4v) is 2.38. The Bertz CT molecular complexity index is 171. The van der Waals surface area contributed by atoms with Crippen molar-refractivity contribution in [2.75, 3.05) is 0 Å². The van der Waals surface area contributed by atoms with Gasteiger partial charge in [0.2, 0.25) is 0 Å². The molecule has 1 saturated carbocycles. The highest BCUT2D eigenvalue weighted by atomic mass is 16.5. The Morgan fingerprint density at radius 3 is 2.42 bits per heavy atom. The van der Waals surface area contributed by atoms with Crippen molar-refractivity contribution in [2.45, 2.75) is 51.0 Å². The minimum absolute atomic E-state index is 0.0190. The van der Waals surface area contributed by atoms with E-state index in [4.69, 9.17) is 4.74 Å². The third-order valence-corrected chi connectivity index (χ3v) is 3.09. The molecule has 0 radical (unpaired) electrons. The van der Waals surface area contributed by atoms with Crippen LogP contribution in [-0.2, 0) is 9.53 Å². The number of carbonyl (C=O) groups is 1. The van der Waals surface area contributed by atoms with Gasteiger partial charge in [-0.15, -0.1) is 0 Å². The van der Waals surface area contributed by atoms with Crippen LogP contribution in [0.1, 0.15) is 44.9 Å². The van der Waals surface area contributed by atoms with Gasteiger partial charge in [-0.05, 0) is 25.2 Å². The summed E-state index contributed by atoms with van der Waals surface area (Å²) in [6, 6.07) is 0. The topological polar surface area (TPSA) is 26.3 Å². The van der Waals surface area contributed by atoms with Gasteiger partial charge in [0.15, 0.2) is 0 Å². The van der Waals surface area contributed by atoms with Crippen LogP contribution in [0.5, 0.6) is 0 Å². The maximum atomic E-state index is 10.9. The number of esters is 1. The predicted molar refractivity (Wildman–Crippen MR) is 45.7 cm³/mol. The first-order valence-corrected chi connectivity index (χ1v) is 5.06. The van der Waals surface area contributed by atoms with Crippen molar-refractivity contribution in [2.24, 2.45) is 5.92 Å². The summed E-state index contributed by atoms with van der Waals surface area (Å²) in [7, 11) is 0. The van der Waals surface area contributed by atoms with Crippen molar-refractivity contribution in [3.63, 3.8) is 0 Å². The molecule has 1 aliphatic heterocycles. The maximum Gasteiger partial charge on any atom is 0.306 e. The van der Waals surface area contributed by atoms with Crippen LogP contribution in [-0.4, -0.2) is 12.1 Å². The van der Waals surface area contributed by atoms with E-state index in [1.165, 1.54) is 32.1 Å². The lowest BCUT2D eigenvalue weighted by Gasteiger charge is -2.25. The molecule has 1 heterocycles. The van der Waals surface area contributed by atoms with Crippen molar-refractivity contribution in [3.05, 3.63) is 0 Å². The third-order valence-electron chi connectivity index (χ3n) is 3.09. The summed E-state index contributed by atoms with van der Waals surface area (Å²) in [5.74, 6) is 0.704. The summed E-state index contributed by atoms with van der Waals surface area (Å²) in [5.41, 5.74) is 0. The van der Waals surface area contributed by atoms with Crippen molar-refractivity contribution >= 4 is 5.97 Å². The molecule has 0 bridgehead atoms. The Balaban J connectivity index is 1.86. The van der Waals surface area contributed by atoms with E-state index in [1.807, 2.05) is 0 Å². The van der Waals surface area contributed by atoms with Crippen LogP contribution in [0.4, 0.5) is 0 Å². The van der Waals surface area contributed by atoms with Gasteiger partial charge in [-0.25, -0.2) is 0 Å². The van der Waals surface area contributed by atoms with Crippen LogP contribution in [0.3, 0.4) is 0 Å². The minimum atomic E-state index is 0.0190. The van der Waals surface area contributed by atoms with Crippen molar-refractivity contribution < 1.29 is 9.53 Å². The molecule has 0 aromatic heterocycles. The largest absolute Gasteiger partial charge is 0.462 e. The van der Waals surface area contributed by atoms with E-state index < -0.39 is 0 Å². The Kier molecular flexibility index (Phi) is 2.33. The minimum Gasteiger partial charge on any atom is -0.462 e. The lowest BCUT2D eigenvalue weighted by Crippen LogP contribution is -2.22. The molecule has 0 unspecified atom stereocenters. The van der Waals surface area contributed by atoms with E-state index in [0.717, 1.165) is 6.42 Å². The first-order valence-electron chi connectivity index (χ1n) is 5.06. The van der Waals surface area contributed by atoms with Crippen LogP contribution in [0.15, 0.2) is 0 Å². The van der Waals surface area contributed by atoms with Gasteiger partial charge >= 0.3 is 5.97 Å². The number of ether oxygens (including phenoxy) is 1. The normalized spacial score (nSPS) is 32.0. The fourth-order valence-electron chi connectivity index (χ4n) is 2.38. The van der Waals surface area contributed by atoms with Gasteiger partial charge in [-0.1, -0.05) is 19.3 Å². The van der Waals surface area contributed by atoms with E-state index >= 15 is 0 Å². The predicted octanol–water partition coefficient (Wildman–Crippen LogP) is 2.27. The van der Waals surface area contributed by atoms with Gasteiger partial charge in [-0.2, -0.15) is 0 Å². The number of rotatable bonds is 1. The van der Waals surface area contributed by atoms with E-state index in [1.54, 1.807) is 0 Å². The highest BCUT2D eigenvalue weighted by Crippen LogP contribution is 2.32.